The molecule has 1 N–H and O–H groups in total. The van der Waals surface area contributed by atoms with Gasteiger partial charge < -0.3 is 10.1 Å². The van der Waals surface area contributed by atoms with Crippen LogP contribution in [0.4, 0.5) is 5.69 Å². The molecule has 2 rings (SSSR count). The lowest BCUT2D eigenvalue weighted by atomic mass is 10.0. The van der Waals surface area contributed by atoms with Crippen LogP contribution in [0.25, 0.3) is 0 Å². The fourth-order valence-electron chi connectivity index (χ4n) is 2.08. The summed E-state index contributed by atoms with van der Waals surface area (Å²) in [6.45, 7) is 2.29. The molecule has 0 saturated heterocycles. The summed E-state index contributed by atoms with van der Waals surface area (Å²) >= 11 is 5.90. The SMILES string of the molecule is C[C@@H](CNC(=O)COc1ccc([N+](=O)[O-])cc1Cl)c1ccccc1. The van der Waals surface area contributed by atoms with Crippen LogP contribution in [0.15, 0.2) is 48.5 Å². The third-order valence-electron chi connectivity index (χ3n) is 3.46. The lowest BCUT2D eigenvalue weighted by molar-refractivity contribution is -0.384. The summed E-state index contributed by atoms with van der Waals surface area (Å²) in [5, 5.41) is 13.5. The van der Waals surface area contributed by atoms with Gasteiger partial charge in [-0.25, -0.2) is 0 Å². The zero-order valence-electron chi connectivity index (χ0n) is 13.1. The zero-order valence-corrected chi connectivity index (χ0v) is 13.8. The maximum absolute atomic E-state index is 11.9. The highest BCUT2D eigenvalue weighted by Crippen LogP contribution is 2.28. The van der Waals surface area contributed by atoms with Crippen molar-refractivity contribution in [3.05, 3.63) is 69.2 Å². The number of non-ortho nitro benzene ring substituents is 1. The number of benzene rings is 2. The molecule has 0 heterocycles. The average molecular weight is 349 g/mol. The van der Waals surface area contributed by atoms with E-state index in [1.165, 1.54) is 18.2 Å². The van der Waals surface area contributed by atoms with Crippen molar-refractivity contribution >= 4 is 23.2 Å². The Morgan fingerprint density at radius 3 is 2.62 bits per heavy atom. The van der Waals surface area contributed by atoms with E-state index in [0.717, 1.165) is 5.56 Å². The first-order chi connectivity index (χ1) is 11.5. The zero-order chi connectivity index (χ0) is 17.5. The maximum atomic E-state index is 11.9. The van der Waals surface area contributed by atoms with Gasteiger partial charge in [0.1, 0.15) is 5.75 Å². The molecule has 24 heavy (non-hydrogen) atoms. The molecule has 126 valence electrons. The molecule has 0 aliphatic rings. The van der Waals surface area contributed by atoms with Gasteiger partial charge in [0.25, 0.3) is 11.6 Å². The molecular formula is C17H17ClN2O4. The Kier molecular flexibility index (Phi) is 6.14. The van der Waals surface area contributed by atoms with E-state index in [1.54, 1.807) is 0 Å². The number of carbonyl (C=O) groups is 1. The monoisotopic (exact) mass is 348 g/mol. The van der Waals surface area contributed by atoms with Crippen molar-refractivity contribution in [2.45, 2.75) is 12.8 Å². The van der Waals surface area contributed by atoms with Gasteiger partial charge in [-0.2, -0.15) is 0 Å². The van der Waals surface area contributed by atoms with Crippen LogP contribution >= 0.6 is 11.6 Å². The van der Waals surface area contributed by atoms with Crippen LogP contribution in [0.5, 0.6) is 5.75 Å². The quantitative estimate of drug-likeness (QED) is 0.612. The van der Waals surface area contributed by atoms with Gasteiger partial charge in [-0.1, -0.05) is 48.9 Å². The smallest absolute Gasteiger partial charge is 0.271 e. The molecule has 2 aromatic carbocycles. The second kappa shape index (κ2) is 8.31. The Labute approximate surface area is 144 Å². The number of nitro groups is 1. The Balaban J connectivity index is 1.82. The lowest BCUT2D eigenvalue weighted by Gasteiger charge is -2.13. The highest BCUT2D eigenvalue weighted by atomic mass is 35.5. The number of amides is 1. The molecule has 0 bridgehead atoms. The van der Waals surface area contributed by atoms with Crippen molar-refractivity contribution in [1.29, 1.82) is 0 Å². The number of hydrogen-bond donors (Lipinski definition) is 1. The first-order valence-corrected chi connectivity index (χ1v) is 7.73. The summed E-state index contributed by atoms with van der Waals surface area (Å²) in [5.41, 5.74) is 1.01. The minimum atomic E-state index is -0.548. The van der Waals surface area contributed by atoms with Crippen LogP contribution in [0.2, 0.25) is 5.02 Å². The average Bonchev–Trinajstić information content (AvgIpc) is 2.59. The van der Waals surface area contributed by atoms with Crippen molar-refractivity contribution in [2.24, 2.45) is 0 Å². The summed E-state index contributed by atoms with van der Waals surface area (Å²) in [7, 11) is 0. The van der Waals surface area contributed by atoms with Gasteiger partial charge in [0.2, 0.25) is 0 Å². The van der Waals surface area contributed by atoms with Gasteiger partial charge in [0.15, 0.2) is 6.61 Å². The first-order valence-electron chi connectivity index (χ1n) is 7.35. The summed E-state index contributed by atoms with van der Waals surface area (Å²) in [6.07, 6.45) is 0. The molecule has 1 amide bonds. The fraction of sp³-hybridized carbons (Fsp3) is 0.235. The Bertz CT molecular complexity index is 722. The normalized spacial score (nSPS) is 11.6. The van der Waals surface area contributed by atoms with Crippen molar-refractivity contribution in [3.63, 3.8) is 0 Å². The summed E-state index contributed by atoms with van der Waals surface area (Å²) in [4.78, 5) is 21.9. The van der Waals surface area contributed by atoms with E-state index in [-0.39, 0.29) is 34.9 Å². The second-order valence-electron chi connectivity index (χ2n) is 5.28. The Morgan fingerprint density at radius 2 is 2.00 bits per heavy atom. The van der Waals surface area contributed by atoms with Crippen LogP contribution in [0, 0.1) is 10.1 Å². The molecular weight excluding hydrogens is 332 g/mol. The summed E-state index contributed by atoms with van der Waals surface area (Å²) in [5.74, 6) is 0.124. The molecule has 0 fully saturated rings. The fourth-order valence-corrected chi connectivity index (χ4v) is 2.31. The number of hydrogen-bond acceptors (Lipinski definition) is 4. The van der Waals surface area contributed by atoms with Gasteiger partial charge in [-0.15, -0.1) is 0 Å². The van der Waals surface area contributed by atoms with Crippen LogP contribution in [-0.2, 0) is 4.79 Å². The molecule has 0 aliphatic heterocycles. The van der Waals surface area contributed by atoms with E-state index < -0.39 is 4.92 Å². The summed E-state index contributed by atoms with van der Waals surface area (Å²) < 4.78 is 5.30. The molecule has 0 aliphatic carbocycles. The highest BCUT2D eigenvalue weighted by Gasteiger charge is 2.12. The Morgan fingerprint density at radius 1 is 1.29 bits per heavy atom. The van der Waals surface area contributed by atoms with Gasteiger partial charge in [-0.05, 0) is 17.5 Å². The van der Waals surface area contributed by atoms with E-state index >= 15 is 0 Å². The number of rotatable bonds is 7. The van der Waals surface area contributed by atoms with E-state index in [4.69, 9.17) is 16.3 Å². The van der Waals surface area contributed by atoms with Crippen LogP contribution in [0.3, 0.4) is 0 Å². The van der Waals surface area contributed by atoms with E-state index in [2.05, 4.69) is 5.32 Å². The van der Waals surface area contributed by atoms with Gasteiger partial charge in [0.05, 0.1) is 9.95 Å². The van der Waals surface area contributed by atoms with Crippen molar-refractivity contribution < 1.29 is 14.5 Å². The third kappa shape index (κ3) is 4.96. The van der Waals surface area contributed by atoms with Crippen LogP contribution in [-0.4, -0.2) is 24.0 Å². The molecule has 6 nitrogen and oxygen atoms in total. The number of halogens is 1. The molecule has 0 radical (unpaired) electrons. The predicted molar refractivity (Wildman–Crippen MR) is 91.5 cm³/mol. The van der Waals surface area contributed by atoms with Crippen molar-refractivity contribution in [2.75, 3.05) is 13.2 Å². The van der Waals surface area contributed by atoms with Crippen LogP contribution in [0.1, 0.15) is 18.4 Å². The minimum absolute atomic E-state index is 0.0923. The molecule has 1 atom stereocenters. The molecule has 0 saturated carbocycles. The largest absolute Gasteiger partial charge is 0.482 e. The molecule has 2 aromatic rings. The van der Waals surface area contributed by atoms with E-state index in [9.17, 15) is 14.9 Å². The van der Waals surface area contributed by atoms with Crippen molar-refractivity contribution in [3.8, 4) is 5.75 Å². The number of carbonyl (C=O) groups excluding carboxylic acids is 1. The number of nitrogens with one attached hydrogen (secondary N) is 1. The van der Waals surface area contributed by atoms with Gasteiger partial charge in [-0.3, -0.25) is 14.9 Å². The number of ether oxygens (including phenoxy) is 1. The summed E-state index contributed by atoms with van der Waals surface area (Å²) in [6, 6.07) is 13.7. The second-order valence-corrected chi connectivity index (χ2v) is 5.68. The molecule has 0 unspecified atom stereocenters. The molecule has 0 spiro atoms. The van der Waals surface area contributed by atoms with E-state index in [0.29, 0.717) is 6.54 Å². The number of nitrogens with zero attached hydrogens (tertiary/aromatic N) is 1. The standard InChI is InChI=1S/C17H17ClN2O4/c1-12(13-5-3-2-4-6-13)10-19-17(21)11-24-16-8-7-14(20(22)23)9-15(16)18/h2-9,12H,10-11H2,1H3,(H,19,21)/t12-/m0/s1. The first kappa shape index (κ1) is 17.7. The maximum Gasteiger partial charge on any atom is 0.271 e. The minimum Gasteiger partial charge on any atom is -0.482 e. The Hall–Kier alpha value is -2.60. The third-order valence-corrected chi connectivity index (χ3v) is 3.75. The predicted octanol–water partition coefficient (Wildman–Crippen LogP) is 3.55. The molecule has 7 heteroatoms. The lowest BCUT2D eigenvalue weighted by Crippen LogP contribution is -2.31. The highest BCUT2D eigenvalue weighted by molar-refractivity contribution is 6.32. The topological polar surface area (TPSA) is 81.5 Å². The van der Waals surface area contributed by atoms with Gasteiger partial charge >= 0.3 is 0 Å². The number of nitro benzene ring substituents is 1. The van der Waals surface area contributed by atoms with Crippen molar-refractivity contribution in [1.82, 2.24) is 5.32 Å². The van der Waals surface area contributed by atoms with Crippen LogP contribution < -0.4 is 10.1 Å². The van der Waals surface area contributed by atoms with E-state index in [1.807, 2.05) is 37.3 Å². The molecule has 0 aromatic heterocycles. The van der Waals surface area contributed by atoms with Gasteiger partial charge in [0, 0.05) is 18.7 Å².